The van der Waals surface area contributed by atoms with Gasteiger partial charge in [-0.25, -0.2) is 19.9 Å². The van der Waals surface area contributed by atoms with E-state index >= 15 is 0 Å². The third-order valence-corrected chi connectivity index (χ3v) is 3.10. The quantitative estimate of drug-likeness (QED) is 0.359. The van der Waals surface area contributed by atoms with Crippen molar-refractivity contribution in [2.45, 2.75) is 0 Å². The maximum Gasteiger partial charge on any atom is 0.269 e. The molecule has 2 aromatic heterocycles. The van der Waals surface area contributed by atoms with Gasteiger partial charge in [0.2, 0.25) is 5.88 Å². The first kappa shape index (κ1) is 18.8. The van der Waals surface area contributed by atoms with Gasteiger partial charge in [0.05, 0.1) is 4.92 Å². The Morgan fingerprint density at radius 3 is 1.80 bits per heavy atom. The first-order valence-electron chi connectivity index (χ1n) is 6.47. The standard InChI is InChI=1S/C10H6ClN3O3.C4H2Cl2N2/c11-9-5-10(13-6-12-9)17-8-3-1-7(2-4-8)14(15)16;5-3-1-4(6)8-2-7-3/h1-6H;1-2H. The Hall–Kier alpha value is -2.55. The largest absolute Gasteiger partial charge is 0.439 e. The lowest BCUT2D eigenvalue weighted by Crippen LogP contribution is -1.90. The Labute approximate surface area is 156 Å². The predicted octanol–water partition coefficient (Wildman–Crippen LogP) is 4.61. The van der Waals surface area contributed by atoms with Gasteiger partial charge in [-0.1, -0.05) is 34.8 Å². The average molecular weight is 401 g/mol. The SMILES string of the molecule is Clc1cc(Cl)ncn1.O=[N+]([O-])c1ccc(Oc2cc(Cl)ncn2)cc1. The molecule has 0 aliphatic rings. The summed E-state index contributed by atoms with van der Waals surface area (Å²) >= 11 is 16.5. The van der Waals surface area contributed by atoms with Crippen molar-refractivity contribution in [3.63, 3.8) is 0 Å². The second-order valence-electron chi connectivity index (χ2n) is 4.20. The van der Waals surface area contributed by atoms with E-state index in [1.807, 2.05) is 0 Å². The Morgan fingerprint density at radius 1 is 0.840 bits per heavy atom. The molecule has 1 aromatic carbocycles. The summed E-state index contributed by atoms with van der Waals surface area (Å²) in [4.78, 5) is 24.7. The van der Waals surface area contributed by atoms with E-state index in [9.17, 15) is 10.1 Å². The summed E-state index contributed by atoms with van der Waals surface area (Å²) in [5.74, 6) is 0.712. The van der Waals surface area contributed by atoms with Crippen LogP contribution in [0.2, 0.25) is 15.5 Å². The maximum atomic E-state index is 10.4. The number of ether oxygens (including phenoxy) is 1. The van der Waals surface area contributed by atoms with Crippen molar-refractivity contribution in [2.75, 3.05) is 0 Å². The van der Waals surface area contributed by atoms with Crippen molar-refractivity contribution >= 4 is 40.5 Å². The van der Waals surface area contributed by atoms with Crippen LogP contribution in [0, 0.1) is 10.1 Å². The molecule has 3 aromatic rings. The summed E-state index contributed by atoms with van der Waals surface area (Å²) in [6.07, 6.45) is 2.58. The minimum absolute atomic E-state index is 0.00179. The fourth-order valence-electron chi connectivity index (χ4n) is 1.44. The Morgan fingerprint density at radius 2 is 1.36 bits per heavy atom. The van der Waals surface area contributed by atoms with Gasteiger partial charge in [0.15, 0.2) is 0 Å². The van der Waals surface area contributed by atoms with Crippen LogP contribution in [-0.4, -0.2) is 24.9 Å². The predicted molar refractivity (Wildman–Crippen MR) is 92.3 cm³/mol. The average Bonchev–Trinajstić information content (AvgIpc) is 2.56. The van der Waals surface area contributed by atoms with E-state index in [4.69, 9.17) is 39.5 Å². The molecule has 0 N–H and O–H groups in total. The highest BCUT2D eigenvalue weighted by Crippen LogP contribution is 2.23. The Bertz CT molecular complexity index is 847. The summed E-state index contributed by atoms with van der Waals surface area (Å²) < 4.78 is 5.34. The highest BCUT2D eigenvalue weighted by atomic mass is 35.5. The number of aromatic nitrogens is 4. The van der Waals surface area contributed by atoms with Crippen LogP contribution in [0.1, 0.15) is 0 Å². The number of hydrogen-bond acceptors (Lipinski definition) is 7. The molecular weight excluding hydrogens is 393 g/mol. The van der Waals surface area contributed by atoms with Gasteiger partial charge in [0, 0.05) is 24.3 Å². The summed E-state index contributed by atoms with van der Waals surface area (Å²) in [6.45, 7) is 0. The lowest BCUT2D eigenvalue weighted by molar-refractivity contribution is -0.384. The van der Waals surface area contributed by atoms with E-state index in [-0.39, 0.29) is 16.7 Å². The van der Waals surface area contributed by atoms with E-state index < -0.39 is 4.92 Å². The van der Waals surface area contributed by atoms with E-state index in [1.54, 1.807) is 0 Å². The van der Waals surface area contributed by atoms with E-state index in [0.717, 1.165) is 0 Å². The first-order valence-corrected chi connectivity index (χ1v) is 7.60. The van der Waals surface area contributed by atoms with E-state index in [1.165, 1.54) is 49.1 Å². The number of non-ortho nitro benzene ring substituents is 1. The van der Waals surface area contributed by atoms with Crippen molar-refractivity contribution in [1.29, 1.82) is 0 Å². The summed E-state index contributed by atoms with van der Waals surface area (Å²) in [5, 5.41) is 11.4. The maximum absolute atomic E-state index is 10.4. The molecule has 0 radical (unpaired) electrons. The molecule has 0 amide bonds. The molecule has 0 unspecified atom stereocenters. The molecule has 25 heavy (non-hydrogen) atoms. The molecule has 0 aliphatic carbocycles. The second kappa shape index (κ2) is 9.07. The van der Waals surface area contributed by atoms with Crippen LogP contribution in [0.4, 0.5) is 5.69 Å². The molecule has 0 spiro atoms. The van der Waals surface area contributed by atoms with Gasteiger partial charge >= 0.3 is 0 Å². The van der Waals surface area contributed by atoms with Crippen LogP contribution < -0.4 is 4.74 Å². The van der Waals surface area contributed by atoms with Crippen molar-refractivity contribution < 1.29 is 9.66 Å². The Balaban J connectivity index is 0.000000236. The van der Waals surface area contributed by atoms with Crippen LogP contribution in [0.25, 0.3) is 0 Å². The van der Waals surface area contributed by atoms with Gasteiger partial charge in [-0.2, -0.15) is 0 Å². The number of nitro groups is 1. The molecule has 0 bridgehead atoms. The third kappa shape index (κ3) is 6.46. The zero-order valence-corrected chi connectivity index (χ0v) is 14.5. The molecule has 0 atom stereocenters. The van der Waals surface area contributed by atoms with E-state index in [0.29, 0.717) is 16.1 Å². The van der Waals surface area contributed by atoms with Gasteiger partial charge in [-0.3, -0.25) is 10.1 Å². The third-order valence-electron chi connectivity index (χ3n) is 2.48. The van der Waals surface area contributed by atoms with Crippen molar-refractivity contribution in [1.82, 2.24) is 19.9 Å². The van der Waals surface area contributed by atoms with Crippen molar-refractivity contribution in [3.05, 3.63) is 74.6 Å². The monoisotopic (exact) mass is 399 g/mol. The zero-order valence-electron chi connectivity index (χ0n) is 12.2. The van der Waals surface area contributed by atoms with Crippen LogP contribution in [0.5, 0.6) is 11.6 Å². The molecule has 0 saturated heterocycles. The molecule has 0 fully saturated rings. The summed E-state index contributed by atoms with van der Waals surface area (Å²) in [5.41, 5.74) is -0.00179. The summed E-state index contributed by atoms with van der Waals surface area (Å²) in [6, 6.07) is 8.57. The topological polar surface area (TPSA) is 104 Å². The highest BCUT2D eigenvalue weighted by Gasteiger charge is 2.05. The normalized spacial score (nSPS) is 9.72. The molecule has 128 valence electrons. The molecule has 8 nitrogen and oxygen atoms in total. The lowest BCUT2D eigenvalue weighted by Gasteiger charge is -2.03. The fraction of sp³-hybridized carbons (Fsp3) is 0. The number of hydrogen-bond donors (Lipinski definition) is 0. The van der Waals surface area contributed by atoms with Crippen LogP contribution in [-0.2, 0) is 0 Å². The number of nitrogens with zero attached hydrogens (tertiary/aromatic N) is 5. The lowest BCUT2D eigenvalue weighted by atomic mass is 10.3. The molecule has 2 heterocycles. The second-order valence-corrected chi connectivity index (χ2v) is 5.36. The van der Waals surface area contributed by atoms with Crippen molar-refractivity contribution in [2.24, 2.45) is 0 Å². The minimum atomic E-state index is -0.481. The van der Waals surface area contributed by atoms with E-state index in [2.05, 4.69) is 19.9 Å². The van der Waals surface area contributed by atoms with Gasteiger partial charge in [-0.05, 0) is 12.1 Å². The van der Waals surface area contributed by atoms with Crippen LogP contribution >= 0.6 is 34.8 Å². The van der Waals surface area contributed by atoms with Gasteiger partial charge in [0.25, 0.3) is 5.69 Å². The first-order chi connectivity index (χ1) is 11.9. The van der Waals surface area contributed by atoms with Gasteiger partial charge < -0.3 is 4.74 Å². The summed E-state index contributed by atoms with van der Waals surface area (Å²) in [7, 11) is 0. The Kier molecular flexibility index (Phi) is 6.81. The van der Waals surface area contributed by atoms with Gasteiger partial charge in [0.1, 0.15) is 33.9 Å². The minimum Gasteiger partial charge on any atom is -0.439 e. The molecular formula is C14H8Cl3N5O3. The molecule has 3 rings (SSSR count). The number of halogens is 3. The molecule has 0 aliphatic heterocycles. The number of nitro benzene ring substituents is 1. The smallest absolute Gasteiger partial charge is 0.269 e. The highest BCUT2D eigenvalue weighted by molar-refractivity contribution is 6.33. The van der Waals surface area contributed by atoms with Gasteiger partial charge in [-0.15, -0.1) is 0 Å². The van der Waals surface area contributed by atoms with Crippen LogP contribution in [0.3, 0.4) is 0 Å². The van der Waals surface area contributed by atoms with Crippen LogP contribution in [0.15, 0.2) is 49.1 Å². The zero-order chi connectivity index (χ0) is 18.2. The fourth-order valence-corrected chi connectivity index (χ4v) is 1.93. The molecule has 0 saturated carbocycles. The molecule has 11 heteroatoms. The van der Waals surface area contributed by atoms with Crippen molar-refractivity contribution in [3.8, 4) is 11.6 Å². The number of rotatable bonds is 3. The number of benzene rings is 1.